The van der Waals surface area contributed by atoms with Crippen molar-refractivity contribution in [2.75, 3.05) is 20.6 Å². The van der Waals surface area contributed by atoms with Crippen molar-refractivity contribution in [1.82, 2.24) is 10.0 Å². The fraction of sp³-hybridized carbons (Fsp3) is 0.857. The average Bonchev–Trinajstić information content (AvgIpc) is 1.88. The highest BCUT2D eigenvalue weighted by Gasteiger charge is 2.18. The van der Waals surface area contributed by atoms with Gasteiger partial charge in [0, 0.05) is 27.1 Å². The molecule has 1 rings (SSSR count). The first kappa shape index (κ1) is 7.54. The molecule has 1 fully saturated rings. The molecular weight excluding hydrogens is 128 g/mol. The summed E-state index contributed by atoms with van der Waals surface area (Å²) in [5, 5.41) is 3.66. The van der Waals surface area contributed by atoms with Crippen LogP contribution in [0.15, 0.2) is 0 Å². The highest BCUT2D eigenvalue weighted by molar-refractivity contribution is 5.76. The van der Waals surface area contributed by atoms with E-state index in [0.717, 1.165) is 25.8 Å². The molecule has 0 saturated carbocycles. The molecule has 58 valence electrons. The Kier molecular flexibility index (Phi) is 2.27. The molecule has 1 amide bonds. The van der Waals surface area contributed by atoms with Crippen LogP contribution >= 0.6 is 0 Å². The lowest BCUT2D eigenvalue weighted by molar-refractivity contribution is -0.147. The fourth-order valence-corrected chi connectivity index (χ4v) is 1.21. The number of piperidine rings is 1. The number of hydrazine groups is 1. The van der Waals surface area contributed by atoms with Crippen molar-refractivity contribution >= 4 is 5.91 Å². The number of rotatable bonds is 1. The van der Waals surface area contributed by atoms with Crippen LogP contribution in [-0.4, -0.2) is 36.6 Å². The van der Waals surface area contributed by atoms with Gasteiger partial charge in [-0.05, 0) is 12.8 Å². The molecule has 0 aromatic heterocycles. The first-order chi connectivity index (χ1) is 4.72. The normalized spacial score (nSPS) is 20.3. The summed E-state index contributed by atoms with van der Waals surface area (Å²) in [4.78, 5) is 11.1. The molecule has 0 unspecified atom stereocenters. The Balaban J connectivity index is 2.48. The predicted octanol–water partition coefficient (Wildman–Crippen LogP) is 0.475. The van der Waals surface area contributed by atoms with Crippen molar-refractivity contribution in [3.8, 4) is 0 Å². The Morgan fingerprint density at radius 2 is 2.10 bits per heavy atom. The van der Waals surface area contributed by atoms with Crippen molar-refractivity contribution < 1.29 is 4.79 Å². The van der Waals surface area contributed by atoms with Crippen LogP contribution in [0.4, 0.5) is 0 Å². The van der Waals surface area contributed by atoms with Crippen molar-refractivity contribution in [3.05, 3.63) is 0 Å². The number of amides is 1. The topological polar surface area (TPSA) is 23.6 Å². The van der Waals surface area contributed by atoms with Crippen LogP contribution in [0.25, 0.3) is 0 Å². The first-order valence-corrected chi connectivity index (χ1v) is 3.69. The fourth-order valence-electron chi connectivity index (χ4n) is 1.21. The summed E-state index contributed by atoms with van der Waals surface area (Å²) in [5.74, 6) is 0.260. The van der Waals surface area contributed by atoms with Crippen molar-refractivity contribution in [2.45, 2.75) is 19.3 Å². The third kappa shape index (κ3) is 1.48. The van der Waals surface area contributed by atoms with Gasteiger partial charge in [-0.15, -0.1) is 0 Å². The molecule has 0 N–H and O–H groups in total. The van der Waals surface area contributed by atoms with Crippen LogP contribution in [0, 0.1) is 0 Å². The van der Waals surface area contributed by atoms with E-state index in [1.165, 1.54) is 0 Å². The van der Waals surface area contributed by atoms with Crippen molar-refractivity contribution in [2.24, 2.45) is 0 Å². The molecule has 0 bridgehead atoms. The average molecular weight is 142 g/mol. The van der Waals surface area contributed by atoms with E-state index in [9.17, 15) is 4.79 Å². The zero-order valence-corrected chi connectivity index (χ0v) is 6.63. The molecule has 1 aliphatic rings. The van der Waals surface area contributed by atoms with Crippen LogP contribution in [0.3, 0.4) is 0 Å². The van der Waals surface area contributed by atoms with Gasteiger partial charge in [-0.3, -0.25) is 9.80 Å². The second kappa shape index (κ2) is 3.01. The zero-order valence-electron chi connectivity index (χ0n) is 6.63. The van der Waals surface area contributed by atoms with Crippen molar-refractivity contribution in [1.29, 1.82) is 0 Å². The summed E-state index contributed by atoms with van der Waals surface area (Å²) >= 11 is 0. The maximum atomic E-state index is 11.1. The van der Waals surface area contributed by atoms with Crippen LogP contribution in [0.1, 0.15) is 19.3 Å². The van der Waals surface area contributed by atoms with E-state index in [1.807, 2.05) is 19.1 Å². The molecule has 1 aliphatic heterocycles. The monoisotopic (exact) mass is 142 g/mol. The summed E-state index contributed by atoms with van der Waals surface area (Å²) in [7, 11) is 3.81. The highest BCUT2D eigenvalue weighted by Crippen LogP contribution is 2.10. The van der Waals surface area contributed by atoms with Gasteiger partial charge in [-0.25, -0.2) is 5.01 Å². The second-order valence-electron chi connectivity index (χ2n) is 2.82. The number of carbonyl (C=O) groups excluding carboxylic acids is 1. The lowest BCUT2D eigenvalue weighted by Gasteiger charge is -2.31. The standard InChI is InChI=1S/C7H14N2O/c1-8(2)9-6-4-3-5-7(9)10/h3-6H2,1-2H3. The quantitative estimate of drug-likeness (QED) is 0.531. The lowest BCUT2D eigenvalue weighted by Crippen LogP contribution is -2.44. The van der Waals surface area contributed by atoms with Gasteiger partial charge >= 0.3 is 0 Å². The minimum Gasteiger partial charge on any atom is -0.276 e. The van der Waals surface area contributed by atoms with Gasteiger partial charge in [0.15, 0.2) is 0 Å². The zero-order chi connectivity index (χ0) is 7.56. The smallest absolute Gasteiger partial charge is 0.236 e. The van der Waals surface area contributed by atoms with Gasteiger partial charge < -0.3 is 0 Å². The summed E-state index contributed by atoms with van der Waals surface area (Å²) in [5.41, 5.74) is 0. The highest BCUT2D eigenvalue weighted by atomic mass is 16.2. The van der Waals surface area contributed by atoms with Gasteiger partial charge in [-0.2, -0.15) is 0 Å². The Morgan fingerprint density at radius 3 is 2.50 bits per heavy atom. The molecule has 3 heteroatoms. The van der Waals surface area contributed by atoms with Crippen LogP contribution in [-0.2, 0) is 4.79 Å². The van der Waals surface area contributed by atoms with Gasteiger partial charge in [0.25, 0.3) is 0 Å². The minimum absolute atomic E-state index is 0.260. The molecule has 0 aliphatic carbocycles. The molecule has 10 heavy (non-hydrogen) atoms. The Labute approximate surface area is 61.6 Å². The molecule has 1 saturated heterocycles. The van der Waals surface area contributed by atoms with E-state index >= 15 is 0 Å². The van der Waals surface area contributed by atoms with E-state index < -0.39 is 0 Å². The van der Waals surface area contributed by atoms with Crippen LogP contribution in [0.5, 0.6) is 0 Å². The maximum absolute atomic E-state index is 11.1. The van der Waals surface area contributed by atoms with E-state index in [2.05, 4.69) is 0 Å². The third-order valence-electron chi connectivity index (χ3n) is 1.78. The molecule has 0 spiro atoms. The lowest BCUT2D eigenvalue weighted by atomic mass is 10.1. The largest absolute Gasteiger partial charge is 0.276 e. The van der Waals surface area contributed by atoms with Crippen LogP contribution in [0.2, 0.25) is 0 Å². The van der Waals surface area contributed by atoms with Gasteiger partial charge in [0.2, 0.25) is 5.91 Å². The van der Waals surface area contributed by atoms with Gasteiger partial charge in [0.05, 0.1) is 0 Å². The number of hydrogen-bond acceptors (Lipinski definition) is 2. The molecular formula is C7H14N2O. The summed E-state index contributed by atoms with van der Waals surface area (Å²) < 4.78 is 0. The summed E-state index contributed by atoms with van der Waals surface area (Å²) in [6, 6.07) is 0. The maximum Gasteiger partial charge on any atom is 0.236 e. The van der Waals surface area contributed by atoms with Gasteiger partial charge in [0.1, 0.15) is 0 Å². The first-order valence-electron chi connectivity index (χ1n) is 3.69. The molecule has 0 radical (unpaired) electrons. The summed E-state index contributed by atoms with van der Waals surface area (Å²) in [6.07, 6.45) is 2.92. The predicted molar refractivity (Wildman–Crippen MR) is 39.3 cm³/mol. The third-order valence-corrected chi connectivity index (χ3v) is 1.78. The van der Waals surface area contributed by atoms with Gasteiger partial charge in [-0.1, -0.05) is 0 Å². The van der Waals surface area contributed by atoms with E-state index in [-0.39, 0.29) is 5.91 Å². The van der Waals surface area contributed by atoms with Crippen molar-refractivity contribution in [3.63, 3.8) is 0 Å². The molecule has 0 atom stereocenters. The van der Waals surface area contributed by atoms with E-state index in [1.54, 1.807) is 5.01 Å². The Hall–Kier alpha value is -0.570. The number of hydrogen-bond donors (Lipinski definition) is 0. The Morgan fingerprint density at radius 1 is 1.40 bits per heavy atom. The molecule has 3 nitrogen and oxygen atoms in total. The SMILES string of the molecule is CN(C)N1CCCCC1=O. The molecule has 1 heterocycles. The summed E-state index contributed by atoms with van der Waals surface area (Å²) in [6.45, 7) is 0.895. The number of carbonyl (C=O) groups is 1. The Bertz CT molecular complexity index is 134. The number of nitrogens with zero attached hydrogens (tertiary/aromatic N) is 2. The molecule has 0 aromatic carbocycles. The minimum atomic E-state index is 0.260. The van der Waals surface area contributed by atoms with Crippen LogP contribution < -0.4 is 0 Å². The van der Waals surface area contributed by atoms with E-state index in [4.69, 9.17) is 0 Å². The second-order valence-corrected chi connectivity index (χ2v) is 2.82. The van der Waals surface area contributed by atoms with E-state index in [0.29, 0.717) is 0 Å². The molecule has 0 aromatic rings.